The maximum absolute atomic E-state index is 11.6. The predicted octanol–water partition coefficient (Wildman–Crippen LogP) is 1.41. The Morgan fingerprint density at radius 3 is 2.94 bits per heavy atom. The minimum absolute atomic E-state index is 0.00611. The summed E-state index contributed by atoms with van der Waals surface area (Å²) in [5.41, 5.74) is -0.00611. The summed E-state index contributed by atoms with van der Waals surface area (Å²) in [5.74, 6) is 0.698. The minimum atomic E-state index is -0.00611. The molecule has 0 aromatic carbocycles. The van der Waals surface area contributed by atoms with E-state index in [-0.39, 0.29) is 5.56 Å². The second-order valence-corrected chi connectivity index (χ2v) is 4.75. The van der Waals surface area contributed by atoms with Gasteiger partial charge < -0.3 is 5.32 Å². The van der Waals surface area contributed by atoms with E-state index in [2.05, 4.69) is 17.3 Å². The highest BCUT2D eigenvalue weighted by Crippen LogP contribution is 2.28. The highest BCUT2D eigenvalue weighted by Gasteiger charge is 2.24. The normalized spacial score (nSPS) is 18.4. The molecule has 0 aliphatic heterocycles. The van der Waals surface area contributed by atoms with E-state index in [1.165, 1.54) is 25.7 Å². The third kappa shape index (κ3) is 3.16. The van der Waals surface area contributed by atoms with Gasteiger partial charge in [0.2, 0.25) is 0 Å². The molecule has 1 fully saturated rings. The van der Waals surface area contributed by atoms with Crippen LogP contribution in [0.25, 0.3) is 0 Å². The quantitative estimate of drug-likeness (QED) is 0.839. The van der Waals surface area contributed by atoms with Gasteiger partial charge in [0, 0.05) is 18.3 Å². The Bertz CT molecular complexity index is 396. The molecule has 4 heteroatoms. The first kappa shape index (κ1) is 12.3. The van der Waals surface area contributed by atoms with Crippen molar-refractivity contribution in [3.63, 3.8) is 0 Å². The lowest BCUT2D eigenvalue weighted by molar-refractivity contribution is 0.311. The molecule has 94 valence electrons. The number of likely N-dealkylation sites (N-methyl/N-ethyl adjacent to an activating group) is 1. The molecular weight excluding hydrogens is 214 g/mol. The topological polar surface area (TPSA) is 46.9 Å². The zero-order chi connectivity index (χ0) is 12.1. The first-order valence-corrected chi connectivity index (χ1v) is 6.56. The van der Waals surface area contributed by atoms with Crippen LogP contribution in [0, 0.1) is 5.92 Å². The number of hydrogen-bond acceptors (Lipinski definition) is 3. The van der Waals surface area contributed by atoms with Crippen LogP contribution >= 0.6 is 0 Å². The predicted molar refractivity (Wildman–Crippen MR) is 67.9 cm³/mol. The van der Waals surface area contributed by atoms with E-state index in [4.69, 9.17) is 0 Å². The zero-order valence-electron chi connectivity index (χ0n) is 10.4. The molecule has 4 nitrogen and oxygen atoms in total. The van der Waals surface area contributed by atoms with Crippen molar-refractivity contribution in [2.75, 3.05) is 6.54 Å². The number of rotatable bonds is 5. The molecule has 2 rings (SSSR count). The van der Waals surface area contributed by atoms with Crippen molar-refractivity contribution >= 4 is 0 Å². The number of nitrogens with zero attached hydrogens (tertiary/aromatic N) is 2. The van der Waals surface area contributed by atoms with Gasteiger partial charge in [-0.1, -0.05) is 19.8 Å². The summed E-state index contributed by atoms with van der Waals surface area (Å²) < 4.78 is 1.58. The fourth-order valence-electron chi connectivity index (χ4n) is 2.71. The monoisotopic (exact) mass is 235 g/mol. The van der Waals surface area contributed by atoms with E-state index in [0.29, 0.717) is 18.5 Å². The van der Waals surface area contributed by atoms with Crippen LogP contribution in [0.15, 0.2) is 23.1 Å². The Kier molecular flexibility index (Phi) is 4.31. The van der Waals surface area contributed by atoms with Crippen molar-refractivity contribution in [1.29, 1.82) is 0 Å². The third-order valence-corrected chi connectivity index (χ3v) is 3.59. The van der Waals surface area contributed by atoms with E-state index >= 15 is 0 Å². The first-order valence-electron chi connectivity index (χ1n) is 6.56. The van der Waals surface area contributed by atoms with Crippen LogP contribution in [-0.4, -0.2) is 22.4 Å². The van der Waals surface area contributed by atoms with Crippen molar-refractivity contribution in [3.05, 3.63) is 28.7 Å². The zero-order valence-corrected chi connectivity index (χ0v) is 10.4. The molecule has 1 heterocycles. The van der Waals surface area contributed by atoms with Gasteiger partial charge in [-0.25, -0.2) is 4.68 Å². The summed E-state index contributed by atoms with van der Waals surface area (Å²) in [4.78, 5) is 11.6. The second-order valence-electron chi connectivity index (χ2n) is 4.75. The van der Waals surface area contributed by atoms with Gasteiger partial charge in [-0.3, -0.25) is 4.79 Å². The van der Waals surface area contributed by atoms with E-state index in [1.807, 2.05) is 0 Å². The van der Waals surface area contributed by atoms with Gasteiger partial charge in [0.1, 0.15) is 0 Å². The second kappa shape index (κ2) is 5.96. The number of aromatic nitrogens is 2. The summed E-state index contributed by atoms with van der Waals surface area (Å²) >= 11 is 0. The van der Waals surface area contributed by atoms with Crippen molar-refractivity contribution < 1.29 is 0 Å². The SMILES string of the molecule is CCNC(Cn1ncccc1=O)C1CCCC1. The summed E-state index contributed by atoms with van der Waals surface area (Å²) in [7, 11) is 0. The molecule has 1 saturated carbocycles. The molecule has 1 N–H and O–H groups in total. The standard InChI is InChI=1S/C13H21N3O/c1-2-14-12(11-6-3-4-7-11)10-16-13(17)8-5-9-15-16/h5,8-9,11-12,14H,2-4,6-7,10H2,1H3. The molecule has 1 atom stereocenters. The Morgan fingerprint density at radius 1 is 1.53 bits per heavy atom. The van der Waals surface area contributed by atoms with Crippen LogP contribution in [0.3, 0.4) is 0 Å². The summed E-state index contributed by atoms with van der Waals surface area (Å²) in [5, 5.41) is 7.64. The van der Waals surface area contributed by atoms with Crippen LogP contribution in [0.1, 0.15) is 32.6 Å². The van der Waals surface area contributed by atoms with Crippen molar-refractivity contribution in [2.24, 2.45) is 5.92 Å². The van der Waals surface area contributed by atoms with Gasteiger partial charge in [0.15, 0.2) is 0 Å². The van der Waals surface area contributed by atoms with E-state index in [1.54, 1.807) is 23.0 Å². The molecule has 0 amide bonds. The fraction of sp³-hybridized carbons (Fsp3) is 0.692. The third-order valence-electron chi connectivity index (χ3n) is 3.59. The summed E-state index contributed by atoms with van der Waals surface area (Å²) in [6.07, 6.45) is 6.88. The van der Waals surface area contributed by atoms with Gasteiger partial charge in [-0.2, -0.15) is 5.10 Å². The van der Waals surface area contributed by atoms with Gasteiger partial charge >= 0.3 is 0 Å². The van der Waals surface area contributed by atoms with Crippen molar-refractivity contribution in [3.8, 4) is 0 Å². The molecule has 1 aromatic rings. The molecule has 1 aromatic heterocycles. The van der Waals surface area contributed by atoms with Crippen LogP contribution in [0.4, 0.5) is 0 Å². The maximum Gasteiger partial charge on any atom is 0.266 e. The highest BCUT2D eigenvalue weighted by atomic mass is 16.1. The van der Waals surface area contributed by atoms with E-state index in [9.17, 15) is 4.79 Å². The van der Waals surface area contributed by atoms with Crippen LogP contribution in [-0.2, 0) is 6.54 Å². The van der Waals surface area contributed by atoms with Gasteiger partial charge in [0.05, 0.1) is 6.54 Å². The molecule has 17 heavy (non-hydrogen) atoms. The van der Waals surface area contributed by atoms with Crippen LogP contribution < -0.4 is 10.9 Å². The lowest BCUT2D eigenvalue weighted by Gasteiger charge is -2.24. The van der Waals surface area contributed by atoms with Crippen molar-refractivity contribution in [1.82, 2.24) is 15.1 Å². The van der Waals surface area contributed by atoms with E-state index in [0.717, 1.165) is 6.54 Å². The molecule has 0 radical (unpaired) electrons. The lowest BCUT2D eigenvalue weighted by atomic mass is 9.98. The number of nitrogens with one attached hydrogen (secondary N) is 1. The van der Waals surface area contributed by atoms with Gasteiger partial charge in [-0.15, -0.1) is 0 Å². The molecular formula is C13H21N3O. The largest absolute Gasteiger partial charge is 0.312 e. The molecule has 1 aliphatic rings. The molecule has 0 bridgehead atoms. The highest BCUT2D eigenvalue weighted by molar-refractivity contribution is 4.87. The maximum atomic E-state index is 11.6. The molecule has 0 spiro atoms. The Labute approximate surface area is 102 Å². The van der Waals surface area contributed by atoms with Gasteiger partial charge in [0.25, 0.3) is 5.56 Å². The summed E-state index contributed by atoms with van der Waals surface area (Å²) in [6.45, 7) is 3.75. The number of hydrogen-bond donors (Lipinski definition) is 1. The van der Waals surface area contributed by atoms with Crippen LogP contribution in [0.2, 0.25) is 0 Å². The van der Waals surface area contributed by atoms with Gasteiger partial charge in [-0.05, 0) is 31.4 Å². The lowest BCUT2D eigenvalue weighted by Crippen LogP contribution is -2.41. The van der Waals surface area contributed by atoms with E-state index < -0.39 is 0 Å². The van der Waals surface area contributed by atoms with Crippen molar-refractivity contribution in [2.45, 2.75) is 45.2 Å². The molecule has 1 aliphatic carbocycles. The smallest absolute Gasteiger partial charge is 0.266 e. The fourth-order valence-corrected chi connectivity index (χ4v) is 2.71. The average molecular weight is 235 g/mol. The Balaban J connectivity index is 2.06. The minimum Gasteiger partial charge on any atom is -0.312 e. The first-order chi connectivity index (χ1) is 8.31. The Hall–Kier alpha value is -1.16. The Morgan fingerprint density at radius 2 is 2.29 bits per heavy atom. The van der Waals surface area contributed by atoms with Crippen LogP contribution in [0.5, 0.6) is 0 Å². The molecule has 0 saturated heterocycles. The average Bonchev–Trinajstić information content (AvgIpc) is 2.85. The molecule has 1 unspecified atom stereocenters. The summed E-state index contributed by atoms with van der Waals surface area (Å²) in [6, 6.07) is 3.65.